The van der Waals surface area contributed by atoms with Crippen LogP contribution in [0.25, 0.3) is 0 Å². The van der Waals surface area contributed by atoms with Gasteiger partial charge in [-0.15, -0.1) is 0 Å². The molecule has 0 fully saturated rings. The average molecular weight is 258 g/mol. The molecule has 0 aliphatic carbocycles. The molecule has 4 N–H and O–H groups in total. The SMILES string of the molecule is CC(C)(CCO)NS(=O)(=O)c1ccc(N)cc1. The van der Waals surface area contributed by atoms with Crippen molar-refractivity contribution >= 4 is 15.7 Å². The number of rotatable bonds is 5. The number of nitrogen functional groups attached to an aromatic ring is 1. The Bertz CT molecular complexity index is 466. The van der Waals surface area contributed by atoms with Crippen LogP contribution < -0.4 is 10.5 Å². The maximum Gasteiger partial charge on any atom is 0.241 e. The van der Waals surface area contributed by atoms with Gasteiger partial charge in [0.15, 0.2) is 0 Å². The Morgan fingerprint density at radius 2 is 1.82 bits per heavy atom. The van der Waals surface area contributed by atoms with Gasteiger partial charge in [0.1, 0.15) is 0 Å². The van der Waals surface area contributed by atoms with Crippen molar-refractivity contribution in [1.29, 1.82) is 0 Å². The third kappa shape index (κ3) is 3.99. The van der Waals surface area contributed by atoms with Crippen LogP contribution in [0.1, 0.15) is 20.3 Å². The molecule has 6 heteroatoms. The highest BCUT2D eigenvalue weighted by atomic mass is 32.2. The van der Waals surface area contributed by atoms with Crippen LogP contribution in [0, 0.1) is 0 Å². The molecule has 0 heterocycles. The molecule has 0 aliphatic heterocycles. The van der Waals surface area contributed by atoms with Gasteiger partial charge in [-0.1, -0.05) is 0 Å². The summed E-state index contributed by atoms with van der Waals surface area (Å²) in [5, 5.41) is 8.85. The molecule has 1 aromatic carbocycles. The van der Waals surface area contributed by atoms with Crippen LogP contribution >= 0.6 is 0 Å². The van der Waals surface area contributed by atoms with Gasteiger partial charge < -0.3 is 10.8 Å². The normalized spacial score (nSPS) is 12.6. The summed E-state index contributed by atoms with van der Waals surface area (Å²) in [4.78, 5) is 0.165. The summed E-state index contributed by atoms with van der Waals surface area (Å²) in [5.74, 6) is 0. The van der Waals surface area contributed by atoms with E-state index < -0.39 is 15.6 Å². The molecule has 0 aliphatic rings. The minimum atomic E-state index is -3.57. The largest absolute Gasteiger partial charge is 0.399 e. The van der Waals surface area contributed by atoms with E-state index in [1.165, 1.54) is 24.3 Å². The molecule has 1 rings (SSSR count). The maximum atomic E-state index is 12.0. The zero-order valence-corrected chi connectivity index (χ0v) is 10.8. The van der Waals surface area contributed by atoms with Gasteiger partial charge in [-0.05, 0) is 44.5 Å². The lowest BCUT2D eigenvalue weighted by atomic mass is 10.0. The van der Waals surface area contributed by atoms with Crippen LogP contribution in [0.2, 0.25) is 0 Å². The van der Waals surface area contributed by atoms with Crippen molar-refractivity contribution in [3.8, 4) is 0 Å². The van der Waals surface area contributed by atoms with E-state index in [1.54, 1.807) is 13.8 Å². The fourth-order valence-corrected chi connectivity index (χ4v) is 2.84. The number of benzene rings is 1. The second kappa shape index (κ2) is 5.03. The van der Waals surface area contributed by atoms with Gasteiger partial charge in [0.2, 0.25) is 10.0 Å². The number of sulfonamides is 1. The molecule has 96 valence electrons. The van der Waals surface area contributed by atoms with E-state index >= 15 is 0 Å². The molecule has 17 heavy (non-hydrogen) atoms. The van der Waals surface area contributed by atoms with Crippen molar-refractivity contribution in [2.75, 3.05) is 12.3 Å². The lowest BCUT2D eigenvalue weighted by Crippen LogP contribution is -2.43. The fourth-order valence-electron chi connectivity index (χ4n) is 1.40. The van der Waals surface area contributed by atoms with Gasteiger partial charge in [0.25, 0.3) is 0 Å². The first-order valence-electron chi connectivity index (χ1n) is 5.27. The van der Waals surface area contributed by atoms with Crippen molar-refractivity contribution < 1.29 is 13.5 Å². The molecular formula is C11H18N2O3S. The molecule has 0 spiro atoms. The molecule has 0 saturated heterocycles. The van der Waals surface area contributed by atoms with E-state index in [4.69, 9.17) is 10.8 Å². The molecule has 1 aromatic rings. The summed E-state index contributed by atoms with van der Waals surface area (Å²) in [6, 6.07) is 5.97. The van der Waals surface area contributed by atoms with Gasteiger partial charge in [0.05, 0.1) is 4.90 Å². The number of nitrogens with two attached hydrogens (primary N) is 1. The van der Waals surface area contributed by atoms with Crippen LogP contribution in [0.4, 0.5) is 5.69 Å². The molecule has 0 unspecified atom stereocenters. The molecular weight excluding hydrogens is 240 g/mol. The summed E-state index contributed by atoms with van der Waals surface area (Å²) in [6.45, 7) is 3.37. The van der Waals surface area contributed by atoms with Crippen LogP contribution in [0.5, 0.6) is 0 Å². The standard InChI is InChI=1S/C11H18N2O3S/c1-11(2,7-8-14)13-17(15,16)10-5-3-9(12)4-6-10/h3-6,13-14H,7-8,12H2,1-2H3. The molecule has 0 saturated carbocycles. The third-order valence-electron chi connectivity index (χ3n) is 2.34. The minimum Gasteiger partial charge on any atom is -0.399 e. The summed E-state index contributed by atoms with van der Waals surface area (Å²) < 4.78 is 26.5. The lowest BCUT2D eigenvalue weighted by molar-refractivity contribution is 0.246. The number of aliphatic hydroxyl groups excluding tert-OH is 1. The Hall–Kier alpha value is -1.11. The van der Waals surface area contributed by atoms with Crippen molar-refractivity contribution in [2.45, 2.75) is 30.7 Å². The van der Waals surface area contributed by atoms with Crippen molar-refractivity contribution in [1.82, 2.24) is 4.72 Å². The van der Waals surface area contributed by atoms with E-state index in [0.717, 1.165) is 0 Å². The summed E-state index contributed by atoms with van der Waals surface area (Å²) >= 11 is 0. The van der Waals surface area contributed by atoms with Gasteiger partial charge >= 0.3 is 0 Å². The van der Waals surface area contributed by atoms with Gasteiger partial charge in [-0.2, -0.15) is 0 Å². The highest BCUT2D eigenvalue weighted by Crippen LogP contribution is 2.16. The third-order valence-corrected chi connectivity index (χ3v) is 4.05. The van der Waals surface area contributed by atoms with E-state index in [-0.39, 0.29) is 11.5 Å². The summed E-state index contributed by atoms with van der Waals surface area (Å²) in [6.07, 6.45) is 0.348. The van der Waals surface area contributed by atoms with Gasteiger partial charge in [-0.3, -0.25) is 0 Å². The van der Waals surface area contributed by atoms with Crippen LogP contribution in [-0.2, 0) is 10.0 Å². The Labute approximate surface area is 102 Å². The highest BCUT2D eigenvalue weighted by molar-refractivity contribution is 7.89. The van der Waals surface area contributed by atoms with Crippen LogP contribution in [0.3, 0.4) is 0 Å². The Balaban J connectivity index is 2.93. The Morgan fingerprint density at radius 3 is 2.29 bits per heavy atom. The zero-order valence-electron chi connectivity index (χ0n) is 9.97. The number of anilines is 1. The van der Waals surface area contributed by atoms with E-state index in [0.29, 0.717) is 12.1 Å². The van der Waals surface area contributed by atoms with E-state index in [2.05, 4.69) is 4.72 Å². The average Bonchev–Trinajstić information content (AvgIpc) is 2.16. The molecule has 0 aromatic heterocycles. The number of hydrogen-bond acceptors (Lipinski definition) is 4. The molecule has 0 amide bonds. The first kappa shape index (κ1) is 14.0. The number of hydrogen-bond donors (Lipinski definition) is 3. The first-order valence-corrected chi connectivity index (χ1v) is 6.75. The number of nitrogens with one attached hydrogen (secondary N) is 1. The highest BCUT2D eigenvalue weighted by Gasteiger charge is 2.25. The van der Waals surface area contributed by atoms with E-state index in [1.807, 2.05) is 0 Å². The second-order valence-corrected chi connectivity index (χ2v) is 6.21. The van der Waals surface area contributed by atoms with Crippen molar-refractivity contribution in [3.63, 3.8) is 0 Å². The maximum absolute atomic E-state index is 12.0. The van der Waals surface area contributed by atoms with Crippen molar-refractivity contribution in [3.05, 3.63) is 24.3 Å². The van der Waals surface area contributed by atoms with Gasteiger partial charge in [-0.25, -0.2) is 13.1 Å². The number of aliphatic hydroxyl groups is 1. The molecule has 0 atom stereocenters. The van der Waals surface area contributed by atoms with Crippen LogP contribution in [0.15, 0.2) is 29.2 Å². The van der Waals surface area contributed by atoms with E-state index in [9.17, 15) is 8.42 Å². The van der Waals surface area contributed by atoms with Crippen LogP contribution in [-0.4, -0.2) is 25.7 Å². The Morgan fingerprint density at radius 1 is 1.29 bits per heavy atom. The molecule has 0 radical (unpaired) electrons. The summed E-state index contributed by atoms with van der Waals surface area (Å²) in [7, 11) is -3.57. The molecule has 5 nitrogen and oxygen atoms in total. The van der Waals surface area contributed by atoms with Crippen molar-refractivity contribution in [2.24, 2.45) is 0 Å². The molecule has 0 bridgehead atoms. The monoisotopic (exact) mass is 258 g/mol. The predicted octanol–water partition coefficient (Wildman–Crippen LogP) is 0.708. The predicted molar refractivity (Wildman–Crippen MR) is 67.0 cm³/mol. The second-order valence-electron chi connectivity index (χ2n) is 4.53. The fraction of sp³-hybridized carbons (Fsp3) is 0.455. The topological polar surface area (TPSA) is 92.4 Å². The smallest absolute Gasteiger partial charge is 0.241 e. The first-order chi connectivity index (χ1) is 7.77. The quantitative estimate of drug-likeness (QED) is 0.678. The zero-order chi connectivity index (χ0) is 13.1. The Kier molecular flexibility index (Phi) is 4.13. The summed E-state index contributed by atoms with van der Waals surface area (Å²) in [5.41, 5.74) is 5.32. The van der Waals surface area contributed by atoms with Gasteiger partial charge in [0, 0.05) is 17.8 Å². The lowest BCUT2D eigenvalue weighted by Gasteiger charge is -2.24. The minimum absolute atomic E-state index is 0.0722.